The van der Waals surface area contributed by atoms with Crippen molar-refractivity contribution < 1.29 is 14.3 Å². The average Bonchev–Trinajstić information content (AvgIpc) is 3.23. The van der Waals surface area contributed by atoms with Crippen molar-refractivity contribution in [2.45, 2.75) is 37.3 Å². The lowest BCUT2D eigenvalue weighted by Crippen LogP contribution is -2.65. The van der Waals surface area contributed by atoms with Gasteiger partial charge in [0.15, 0.2) is 0 Å². The first-order chi connectivity index (χ1) is 13.6. The number of hydrogen-bond acceptors (Lipinski definition) is 3. The van der Waals surface area contributed by atoms with Crippen LogP contribution in [0.3, 0.4) is 0 Å². The lowest BCUT2D eigenvalue weighted by molar-refractivity contribution is -0.00588. The van der Waals surface area contributed by atoms with Crippen LogP contribution in [0, 0.1) is 17.1 Å². The van der Waals surface area contributed by atoms with E-state index in [9.17, 15) is 19.6 Å². The smallest absolute Gasteiger partial charge is 0.255 e. The third-order valence-corrected chi connectivity index (χ3v) is 5.74. The molecule has 2 aliphatic rings. The number of nitrogens with zero attached hydrogens (tertiary/aromatic N) is 2. The third kappa shape index (κ3) is 3.10. The summed E-state index contributed by atoms with van der Waals surface area (Å²) in [6.45, 7) is -0.253. The number of hydrogen-bond donors (Lipinski definition) is 1. The Labute approximate surface area is 163 Å². The van der Waals surface area contributed by atoms with Crippen molar-refractivity contribution in [3.8, 4) is 6.07 Å². The van der Waals surface area contributed by atoms with E-state index in [1.54, 1.807) is 0 Å². The SMILES string of the molecule is N#C[C@H]1[C@H](c2ccc(C3=CCCC3)cc2)[C@@H](CO)N1C(=O)c1cccc(F)c1. The highest BCUT2D eigenvalue weighted by molar-refractivity contribution is 5.95. The van der Waals surface area contributed by atoms with Gasteiger partial charge in [0, 0.05) is 11.5 Å². The summed E-state index contributed by atoms with van der Waals surface area (Å²) in [5.41, 5.74) is 3.64. The predicted octanol–water partition coefficient (Wildman–Crippen LogP) is 3.89. The van der Waals surface area contributed by atoms with Crippen LogP contribution in [0.4, 0.5) is 4.39 Å². The fraction of sp³-hybridized carbons (Fsp3) is 0.304. The first kappa shape index (κ1) is 18.4. The number of amides is 1. The van der Waals surface area contributed by atoms with Crippen molar-refractivity contribution in [3.63, 3.8) is 0 Å². The zero-order valence-corrected chi connectivity index (χ0v) is 15.4. The molecular formula is C23H21FN2O2. The minimum absolute atomic E-state index is 0.181. The van der Waals surface area contributed by atoms with Crippen molar-refractivity contribution in [3.05, 3.63) is 77.1 Å². The molecule has 3 atom stereocenters. The Bertz CT molecular complexity index is 961. The summed E-state index contributed by atoms with van der Waals surface area (Å²) in [4.78, 5) is 14.2. The predicted molar refractivity (Wildman–Crippen MR) is 104 cm³/mol. The van der Waals surface area contributed by atoms with Gasteiger partial charge >= 0.3 is 0 Å². The van der Waals surface area contributed by atoms with Gasteiger partial charge in [-0.2, -0.15) is 5.26 Å². The number of likely N-dealkylation sites (tertiary alicyclic amines) is 1. The molecule has 0 unspecified atom stereocenters. The molecule has 0 saturated carbocycles. The number of halogens is 1. The van der Waals surface area contributed by atoms with Gasteiger partial charge in [0.1, 0.15) is 11.9 Å². The van der Waals surface area contributed by atoms with Gasteiger partial charge in [-0.15, -0.1) is 0 Å². The van der Waals surface area contributed by atoms with E-state index in [-0.39, 0.29) is 18.1 Å². The van der Waals surface area contributed by atoms with Crippen LogP contribution in [0.15, 0.2) is 54.6 Å². The summed E-state index contributed by atoms with van der Waals surface area (Å²) in [5, 5.41) is 19.6. The lowest BCUT2D eigenvalue weighted by atomic mass is 9.75. The van der Waals surface area contributed by atoms with Crippen LogP contribution in [-0.4, -0.2) is 34.6 Å². The second-order valence-electron chi connectivity index (χ2n) is 7.32. The second kappa shape index (κ2) is 7.57. The Hall–Kier alpha value is -2.97. The number of benzene rings is 2. The monoisotopic (exact) mass is 376 g/mol. The zero-order valence-electron chi connectivity index (χ0n) is 15.4. The molecule has 1 aliphatic carbocycles. The van der Waals surface area contributed by atoms with E-state index < -0.39 is 23.8 Å². The summed E-state index contributed by atoms with van der Waals surface area (Å²) in [7, 11) is 0. The van der Waals surface area contributed by atoms with Crippen LogP contribution >= 0.6 is 0 Å². The van der Waals surface area contributed by atoms with E-state index in [1.165, 1.54) is 40.7 Å². The molecular weight excluding hydrogens is 355 g/mol. The highest BCUT2D eigenvalue weighted by Crippen LogP contribution is 2.42. The van der Waals surface area contributed by atoms with Crippen LogP contribution in [0.1, 0.15) is 46.7 Å². The Balaban J connectivity index is 1.58. The van der Waals surface area contributed by atoms with Gasteiger partial charge in [-0.25, -0.2) is 4.39 Å². The van der Waals surface area contributed by atoms with Gasteiger partial charge in [-0.1, -0.05) is 36.4 Å². The lowest BCUT2D eigenvalue weighted by Gasteiger charge is -2.51. The Morgan fingerprint density at radius 3 is 2.64 bits per heavy atom. The highest BCUT2D eigenvalue weighted by atomic mass is 19.1. The summed E-state index contributed by atoms with van der Waals surface area (Å²) in [5.74, 6) is -1.21. The average molecular weight is 376 g/mol. The molecule has 4 nitrogen and oxygen atoms in total. The number of rotatable bonds is 4. The molecule has 0 bridgehead atoms. The standard InChI is InChI=1S/C23H21FN2O2/c24-19-7-3-6-18(12-19)23(28)26-20(13-25)22(21(26)14-27)17-10-8-16(9-11-17)15-4-1-2-5-15/h3-4,6-12,20-22,27H,1-2,5,14H2/t20-,21+,22-/m0/s1. The summed E-state index contributed by atoms with van der Waals surface area (Å²) < 4.78 is 13.5. The molecule has 0 spiro atoms. The molecule has 0 radical (unpaired) electrons. The van der Waals surface area contributed by atoms with Crippen LogP contribution < -0.4 is 0 Å². The third-order valence-electron chi connectivity index (χ3n) is 5.74. The molecule has 1 fully saturated rings. The van der Waals surface area contributed by atoms with Crippen LogP contribution in [0.25, 0.3) is 5.57 Å². The first-order valence-electron chi connectivity index (χ1n) is 9.52. The maximum Gasteiger partial charge on any atom is 0.255 e. The summed E-state index contributed by atoms with van der Waals surface area (Å²) >= 11 is 0. The normalized spacial score (nSPS) is 23.7. The van der Waals surface area contributed by atoms with Crippen molar-refractivity contribution in [1.29, 1.82) is 5.26 Å². The molecule has 2 aromatic carbocycles. The van der Waals surface area contributed by atoms with Crippen LogP contribution in [-0.2, 0) is 0 Å². The van der Waals surface area contributed by atoms with E-state index in [1.807, 2.05) is 24.3 Å². The minimum Gasteiger partial charge on any atom is -0.394 e. The first-order valence-corrected chi connectivity index (χ1v) is 9.52. The molecule has 1 saturated heterocycles. The Morgan fingerprint density at radius 2 is 2.04 bits per heavy atom. The number of allylic oxidation sites excluding steroid dienone is 2. The van der Waals surface area contributed by atoms with Gasteiger partial charge in [-0.3, -0.25) is 4.79 Å². The molecule has 4 rings (SSSR count). The molecule has 2 aromatic rings. The van der Waals surface area contributed by atoms with E-state index >= 15 is 0 Å². The van der Waals surface area contributed by atoms with Crippen LogP contribution in [0.2, 0.25) is 0 Å². The van der Waals surface area contributed by atoms with E-state index in [4.69, 9.17) is 0 Å². The van der Waals surface area contributed by atoms with E-state index in [2.05, 4.69) is 12.1 Å². The fourth-order valence-corrected chi connectivity index (χ4v) is 4.31. The van der Waals surface area contributed by atoms with E-state index in [0.717, 1.165) is 24.5 Å². The molecule has 5 heteroatoms. The van der Waals surface area contributed by atoms with Crippen molar-refractivity contribution in [1.82, 2.24) is 4.90 Å². The van der Waals surface area contributed by atoms with Gasteiger partial charge in [0.2, 0.25) is 0 Å². The molecule has 0 aromatic heterocycles. The number of aliphatic hydroxyl groups is 1. The molecule has 1 heterocycles. The van der Waals surface area contributed by atoms with Crippen molar-refractivity contribution in [2.24, 2.45) is 0 Å². The highest BCUT2D eigenvalue weighted by Gasteiger charge is 2.51. The summed E-state index contributed by atoms with van der Waals surface area (Å²) in [6, 6.07) is 14.5. The molecule has 1 amide bonds. The molecule has 1 N–H and O–H groups in total. The fourth-order valence-electron chi connectivity index (χ4n) is 4.31. The minimum atomic E-state index is -0.690. The van der Waals surface area contributed by atoms with Gasteiger partial charge in [0.05, 0.1) is 18.7 Å². The largest absolute Gasteiger partial charge is 0.394 e. The van der Waals surface area contributed by atoms with Crippen LogP contribution in [0.5, 0.6) is 0 Å². The van der Waals surface area contributed by atoms with Gasteiger partial charge < -0.3 is 10.0 Å². The maximum absolute atomic E-state index is 13.5. The molecule has 28 heavy (non-hydrogen) atoms. The Morgan fingerprint density at radius 1 is 1.25 bits per heavy atom. The van der Waals surface area contributed by atoms with Crippen molar-refractivity contribution in [2.75, 3.05) is 6.61 Å². The van der Waals surface area contributed by atoms with Crippen molar-refractivity contribution >= 4 is 11.5 Å². The van der Waals surface area contributed by atoms with Gasteiger partial charge in [0.25, 0.3) is 5.91 Å². The molecule has 142 valence electrons. The Kier molecular flexibility index (Phi) is 4.97. The number of carbonyl (C=O) groups excluding carboxylic acids is 1. The zero-order chi connectivity index (χ0) is 19.7. The topological polar surface area (TPSA) is 64.3 Å². The molecule has 1 aliphatic heterocycles. The van der Waals surface area contributed by atoms with Gasteiger partial charge in [-0.05, 0) is 54.2 Å². The quantitative estimate of drug-likeness (QED) is 0.881. The summed E-state index contributed by atoms with van der Waals surface area (Å²) in [6.07, 6.45) is 5.63. The van der Waals surface area contributed by atoms with E-state index in [0.29, 0.717) is 0 Å². The number of aliphatic hydroxyl groups excluding tert-OH is 1. The second-order valence-corrected chi connectivity index (χ2v) is 7.32. The maximum atomic E-state index is 13.5. The number of carbonyl (C=O) groups is 1. The number of nitriles is 1.